The van der Waals surface area contributed by atoms with Crippen LogP contribution in [0.15, 0.2) is 59.6 Å². The normalized spacial score (nSPS) is 17.9. The molecule has 0 bridgehead atoms. The third-order valence-electron chi connectivity index (χ3n) is 4.34. The number of carbonyl (C=O) groups excluding carboxylic acids is 1. The first-order chi connectivity index (χ1) is 10.8. The van der Waals surface area contributed by atoms with Crippen LogP contribution < -0.4 is 4.90 Å². The first-order valence-corrected chi connectivity index (χ1v) is 7.57. The summed E-state index contributed by atoms with van der Waals surface area (Å²) in [4.78, 5) is 21.2. The van der Waals surface area contributed by atoms with E-state index in [4.69, 9.17) is 0 Å². The average Bonchev–Trinajstić information content (AvgIpc) is 3.05. The largest absolute Gasteiger partial charge is 0.304 e. The summed E-state index contributed by atoms with van der Waals surface area (Å²) in [5, 5.41) is 0. The van der Waals surface area contributed by atoms with Gasteiger partial charge < -0.3 is 4.90 Å². The van der Waals surface area contributed by atoms with Gasteiger partial charge in [0.2, 0.25) is 5.96 Å². The minimum absolute atomic E-state index is 0.0587. The number of fused-ring (bicyclic) bond motifs is 2. The standard InChI is InChI=1S/C18H17N3O/c1-13(14-7-3-2-4-8-14)21-16-10-6-5-9-15(16)17(22)20-12-11-19-18(20)21/h2-10,13H,11-12H2,1H3. The molecule has 0 radical (unpaired) electrons. The fourth-order valence-corrected chi connectivity index (χ4v) is 3.21. The van der Waals surface area contributed by atoms with E-state index in [1.807, 2.05) is 42.5 Å². The molecule has 0 saturated carbocycles. The number of anilines is 1. The molecule has 1 atom stereocenters. The van der Waals surface area contributed by atoms with Crippen molar-refractivity contribution in [1.29, 1.82) is 0 Å². The Morgan fingerprint density at radius 3 is 2.59 bits per heavy atom. The number of hydrogen-bond acceptors (Lipinski definition) is 3. The molecule has 0 spiro atoms. The lowest BCUT2D eigenvalue weighted by Gasteiger charge is -2.39. The van der Waals surface area contributed by atoms with Crippen LogP contribution in [0.25, 0.3) is 0 Å². The van der Waals surface area contributed by atoms with Crippen molar-refractivity contribution in [1.82, 2.24) is 4.90 Å². The number of guanidine groups is 1. The number of nitrogens with zero attached hydrogens (tertiary/aromatic N) is 3. The summed E-state index contributed by atoms with van der Waals surface area (Å²) < 4.78 is 0. The van der Waals surface area contributed by atoms with Crippen molar-refractivity contribution < 1.29 is 4.79 Å². The molecule has 0 aromatic heterocycles. The minimum Gasteiger partial charge on any atom is -0.304 e. The van der Waals surface area contributed by atoms with Gasteiger partial charge in [-0.05, 0) is 24.6 Å². The van der Waals surface area contributed by atoms with Gasteiger partial charge in [-0.3, -0.25) is 14.7 Å². The van der Waals surface area contributed by atoms with Gasteiger partial charge in [-0.25, -0.2) is 0 Å². The molecule has 2 aliphatic heterocycles. The number of para-hydroxylation sites is 1. The van der Waals surface area contributed by atoms with Gasteiger partial charge >= 0.3 is 0 Å². The molecular formula is C18H17N3O. The summed E-state index contributed by atoms with van der Waals surface area (Å²) >= 11 is 0. The van der Waals surface area contributed by atoms with E-state index >= 15 is 0 Å². The highest BCUT2D eigenvalue weighted by molar-refractivity contribution is 6.19. The number of aliphatic imine (C=N–C) groups is 1. The maximum Gasteiger partial charge on any atom is 0.262 e. The maximum atomic E-state index is 12.6. The fourth-order valence-electron chi connectivity index (χ4n) is 3.21. The van der Waals surface area contributed by atoms with E-state index in [0.717, 1.165) is 17.2 Å². The van der Waals surface area contributed by atoms with E-state index in [0.29, 0.717) is 13.1 Å². The number of carbonyl (C=O) groups is 1. The third-order valence-corrected chi connectivity index (χ3v) is 4.34. The summed E-state index contributed by atoms with van der Waals surface area (Å²) in [6.07, 6.45) is 0. The lowest BCUT2D eigenvalue weighted by atomic mass is 10.0. The van der Waals surface area contributed by atoms with Crippen LogP contribution in [-0.2, 0) is 0 Å². The smallest absolute Gasteiger partial charge is 0.262 e. The second-order valence-electron chi connectivity index (χ2n) is 5.61. The van der Waals surface area contributed by atoms with Crippen LogP contribution in [0.1, 0.15) is 28.9 Å². The van der Waals surface area contributed by atoms with Crippen LogP contribution in [0, 0.1) is 0 Å². The molecule has 0 fully saturated rings. The summed E-state index contributed by atoms with van der Waals surface area (Å²) in [6.45, 7) is 3.49. The van der Waals surface area contributed by atoms with Gasteiger partial charge in [0, 0.05) is 6.54 Å². The van der Waals surface area contributed by atoms with Crippen molar-refractivity contribution in [3.05, 3.63) is 65.7 Å². The summed E-state index contributed by atoms with van der Waals surface area (Å²) in [5.41, 5.74) is 2.91. The molecule has 2 heterocycles. The van der Waals surface area contributed by atoms with Gasteiger partial charge in [-0.2, -0.15) is 0 Å². The first-order valence-electron chi connectivity index (χ1n) is 7.57. The molecule has 110 valence electrons. The summed E-state index contributed by atoms with van der Waals surface area (Å²) in [5.74, 6) is 0.836. The number of rotatable bonds is 2. The van der Waals surface area contributed by atoms with Gasteiger partial charge in [0.1, 0.15) is 0 Å². The number of hydrogen-bond donors (Lipinski definition) is 0. The molecule has 2 aromatic rings. The Morgan fingerprint density at radius 1 is 1.05 bits per heavy atom. The number of benzene rings is 2. The van der Waals surface area contributed by atoms with Gasteiger partial charge in [-0.15, -0.1) is 0 Å². The molecule has 4 heteroatoms. The zero-order chi connectivity index (χ0) is 15.1. The zero-order valence-corrected chi connectivity index (χ0v) is 12.4. The molecule has 1 unspecified atom stereocenters. The maximum absolute atomic E-state index is 12.6. The Labute approximate surface area is 129 Å². The Kier molecular flexibility index (Phi) is 2.96. The Bertz CT molecular complexity index is 754. The van der Waals surface area contributed by atoms with E-state index in [9.17, 15) is 4.79 Å². The molecule has 1 amide bonds. The SMILES string of the molecule is CC(c1ccccc1)N1C2=NCCN2C(=O)c2ccccc21. The van der Waals surface area contributed by atoms with Crippen LogP contribution in [0.4, 0.5) is 5.69 Å². The molecule has 4 rings (SSSR count). The molecule has 4 nitrogen and oxygen atoms in total. The van der Waals surface area contributed by atoms with Crippen molar-refractivity contribution in [2.24, 2.45) is 4.99 Å². The average molecular weight is 291 g/mol. The Balaban J connectivity index is 1.86. The molecule has 0 N–H and O–H groups in total. The predicted octanol–water partition coefficient (Wildman–Crippen LogP) is 3.08. The highest BCUT2D eigenvalue weighted by Crippen LogP contribution is 2.36. The van der Waals surface area contributed by atoms with E-state index < -0.39 is 0 Å². The van der Waals surface area contributed by atoms with Crippen molar-refractivity contribution in [3.63, 3.8) is 0 Å². The Hall–Kier alpha value is -2.62. The van der Waals surface area contributed by atoms with Crippen molar-refractivity contribution in [2.45, 2.75) is 13.0 Å². The summed E-state index contributed by atoms with van der Waals surface area (Å²) in [7, 11) is 0. The summed E-state index contributed by atoms with van der Waals surface area (Å²) in [6, 6.07) is 18.2. The van der Waals surface area contributed by atoms with Gasteiger partial charge in [0.25, 0.3) is 5.91 Å². The fraction of sp³-hybridized carbons (Fsp3) is 0.222. The van der Waals surface area contributed by atoms with Crippen molar-refractivity contribution in [2.75, 3.05) is 18.0 Å². The van der Waals surface area contributed by atoms with Crippen molar-refractivity contribution >= 4 is 17.6 Å². The van der Waals surface area contributed by atoms with Gasteiger partial charge in [0.15, 0.2) is 0 Å². The van der Waals surface area contributed by atoms with Crippen LogP contribution in [0.2, 0.25) is 0 Å². The second-order valence-corrected chi connectivity index (χ2v) is 5.61. The van der Waals surface area contributed by atoms with Crippen LogP contribution in [0.5, 0.6) is 0 Å². The van der Waals surface area contributed by atoms with Crippen LogP contribution in [0.3, 0.4) is 0 Å². The topological polar surface area (TPSA) is 35.9 Å². The zero-order valence-electron chi connectivity index (χ0n) is 12.4. The quantitative estimate of drug-likeness (QED) is 0.852. The number of amides is 1. The van der Waals surface area contributed by atoms with Gasteiger partial charge in [0.05, 0.1) is 23.8 Å². The molecule has 0 aliphatic carbocycles. The highest BCUT2D eigenvalue weighted by atomic mass is 16.2. The van der Waals surface area contributed by atoms with E-state index in [1.54, 1.807) is 4.90 Å². The van der Waals surface area contributed by atoms with Crippen LogP contribution in [-0.4, -0.2) is 29.9 Å². The molecule has 0 saturated heterocycles. The third kappa shape index (κ3) is 1.84. The van der Waals surface area contributed by atoms with E-state index in [-0.39, 0.29) is 11.9 Å². The molecule has 2 aliphatic rings. The predicted molar refractivity (Wildman–Crippen MR) is 87.1 cm³/mol. The molecular weight excluding hydrogens is 274 g/mol. The second kappa shape index (κ2) is 4.98. The van der Waals surface area contributed by atoms with Crippen molar-refractivity contribution in [3.8, 4) is 0 Å². The van der Waals surface area contributed by atoms with E-state index in [1.165, 1.54) is 5.56 Å². The van der Waals surface area contributed by atoms with Crippen LogP contribution >= 0.6 is 0 Å². The minimum atomic E-state index is 0.0587. The monoisotopic (exact) mass is 291 g/mol. The van der Waals surface area contributed by atoms with E-state index in [2.05, 4.69) is 28.9 Å². The first kappa shape index (κ1) is 13.1. The lowest BCUT2D eigenvalue weighted by Crippen LogP contribution is -2.50. The molecule has 22 heavy (non-hydrogen) atoms. The highest BCUT2D eigenvalue weighted by Gasteiger charge is 2.39. The molecule has 2 aromatic carbocycles. The Morgan fingerprint density at radius 2 is 1.77 bits per heavy atom. The lowest BCUT2D eigenvalue weighted by molar-refractivity contribution is 0.0851. The van der Waals surface area contributed by atoms with Gasteiger partial charge in [-0.1, -0.05) is 42.5 Å².